The van der Waals surface area contributed by atoms with E-state index in [2.05, 4.69) is 20.7 Å². The minimum absolute atomic E-state index is 0.0229. The van der Waals surface area contributed by atoms with E-state index < -0.39 is 16.3 Å². The summed E-state index contributed by atoms with van der Waals surface area (Å²) in [5.41, 5.74) is 0. The first-order valence-electron chi connectivity index (χ1n) is 5.43. The van der Waals surface area contributed by atoms with E-state index in [1.54, 1.807) is 30.3 Å². The fraction of sp³-hybridized carbons (Fsp3) is 0.455. The van der Waals surface area contributed by atoms with E-state index >= 15 is 0 Å². The highest BCUT2D eigenvalue weighted by Gasteiger charge is 2.28. The fourth-order valence-electron chi connectivity index (χ4n) is 1.67. The third-order valence-electron chi connectivity index (χ3n) is 2.57. The van der Waals surface area contributed by atoms with Gasteiger partial charge in [0.1, 0.15) is 6.23 Å². The standard InChI is InChI=1S/C11H14BrNO3S/c12-10-7-4-8-16-11(10)13-17(14,15)9-5-2-1-3-6-9/h1-3,5-6,10-11,13H,4,7-8H2. The monoisotopic (exact) mass is 319 g/mol. The van der Waals surface area contributed by atoms with Gasteiger partial charge < -0.3 is 4.74 Å². The Kier molecular flexibility index (Phi) is 4.19. The first kappa shape index (κ1) is 13.0. The molecule has 1 saturated heterocycles. The summed E-state index contributed by atoms with van der Waals surface area (Å²) in [7, 11) is -3.50. The summed E-state index contributed by atoms with van der Waals surface area (Å²) in [4.78, 5) is 0.281. The molecule has 17 heavy (non-hydrogen) atoms. The summed E-state index contributed by atoms with van der Waals surface area (Å²) in [5.74, 6) is 0. The lowest BCUT2D eigenvalue weighted by Gasteiger charge is -2.28. The van der Waals surface area contributed by atoms with Crippen LogP contribution in [0.3, 0.4) is 0 Å². The number of alkyl halides is 1. The normalized spacial score (nSPS) is 25.7. The average molecular weight is 320 g/mol. The van der Waals surface area contributed by atoms with E-state index in [9.17, 15) is 8.42 Å². The predicted octanol–water partition coefficient (Wildman–Crippen LogP) is 1.86. The molecule has 4 nitrogen and oxygen atoms in total. The van der Waals surface area contributed by atoms with Gasteiger partial charge in [0.15, 0.2) is 0 Å². The van der Waals surface area contributed by atoms with Crippen molar-refractivity contribution in [2.75, 3.05) is 6.61 Å². The molecule has 1 heterocycles. The summed E-state index contributed by atoms with van der Waals surface area (Å²) in [6, 6.07) is 8.30. The molecule has 2 unspecified atom stereocenters. The van der Waals surface area contributed by atoms with Gasteiger partial charge in [0, 0.05) is 6.61 Å². The Morgan fingerprint density at radius 3 is 2.65 bits per heavy atom. The molecule has 6 heteroatoms. The summed E-state index contributed by atoms with van der Waals surface area (Å²) in [6.45, 7) is 0.587. The van der Waals surface area contributed by atoms with Crippen molar-refractivity contribution in [2.24, 2.45) is 0 Å². The fourth-order valence-corrected chi connectivity index (χ4v) is 3.65. The van der Waals surface area contributed by atoms with Gasteiger partial charge in [0.25, 0.3) is 0 Å². The van der Waals surface area contributed by atoms with Crippen molar-refractivity contribution in [3.05, 3.63) is 30.3 Å². The van der Waals surface area contributed by atoms with Gasteiger partial charge >= 0.3 is 0 Å². The van der Waals surface area contributed by atoms with Crippen LogP contribution in [0.4, 0.5) is 0 Å². The predicted molar refractivity (Wildman–Crippen MR) is 68.5 cm³/mol. The van der Waals surface area contributed by atoms with Crippen molar-refractivity contribution in [1.82, 2.24) is 4.72 Å². The van der Waals surface area contributed by atoms with Gasteiger partial charge in [-0.05, 0) is 25.0 Å². The minimum atomic E-state index is -3.50. The maximum atomic E-state index is 12.0. The van der Waals surface area contributed by atoms with Crippen molar-refractivity contribution < 1.29 is 13.2 Å². The number of hydrogen-bond acceptors (Lipinski definition) is 3. The summed E-state index contributed by atoms with van der Waals surface area (Å²) in [5, 5.41) is 0. The lowest BCUT2D eigenvalue weighted by Crippen LogP contribution is -2.45. The SMILES string of the molecule is O=S(=O)(NC1OCCCC1Br)c1ccccc1. The van der Waals surface area contributed by atoms with Crippen molar-refractivity contribution in [3.8, 4) is 0 Å². The minimum Gasteiger partial charge on any atom is -0.361 e. The molecule has 1 aliphatic rings. The number of benzene rings is 1. The van der Waals surface area contributed by atoms with E-state index in [0.29, 0.717) is 6.61 Å². The molecule has 2 rings (SSSR count). The second kappa shape index (κ2) is 5.48. The lowest BCUT2D eigenvalue weighted by molar-refractivity contribution is 0.0162. The highest BCUT2D eigenvalue weighted by atomic mass is 79.9. The zero-order chi connectivity index (χ0) is 12.3. The Morgan fingerprint density at radius 2 is 2.00 bits per heavy atom. The second-order valence-electron chi connectivity index (χ2n) is 3.88. The lowest BCUT2D eigenvalue weighted by atomic mass is 10.2. The van der Waals surface area contributed by atoms with Crippen LogP contribution >= 0.6 is 15.9 Å². The Balaban J connectivity index is 2.12. The molecule has 1 N–H and O–H groups in total. The molecular weight excluding hydrogens is 306 g/mol. The number of sulfonamides is 1. The molecule has 2 atom stereocenters. The Labute approximate surface area is 110 Å². The molecule has 1 fully saturated rings. The van der Waals surface area contributed by atoms with E-state index in [-0.39, 0.29) is 9.72 Å². The zero-order valence-electron chi connectivity index (χ0n) is 9.17. The Bertz CT molecular complexity index is 463. The van der Waals surface area contributed by atoms with Crippen LogP contribution in [0.5, 0.6) is 0 Å². The molecule has 1 aromatic carbocycles. The first-order chi connectivity index (χ1) is 8.09. The topological polar surface area (TPSA) is 55.4 Å². The van der Waals surface area contributed by atoms with Crippen LogP contribution < -0.4 is 4.72 Å². The Morgan fingerprint density at radius 1 is 1.29 bits per heavy atom. The van der Waals surface area contributed by atoms with Crippen molar-refractivity contribution in [2.45, 2.75) is 28.8 Å². The van der Waals surface area contributed by atoms with Crippen LogP contribution in [0.1, 0.15) is 12.8 Å². The molecule has 1 aromatic rings. The van der Waals surface area contributed by atoms with Crippen molar-refractivity contribution >= 4 is 26.0 Å². The highest BCUT2D eigenvalue weighted by molar-refractivity contribution is 9.09. The molecular formula is C11H14BrNO3S. The molecule has 1 aliphatic heterocycles. The summed E-state index contributed by atoms with van der Waals surface area (Å²) < 4.78 is 32.0. The average Bonchev–Trinajstić information content (AvgIpc) is 2.33. The highest BCUT2D eigenvalue weighted by Crippen LogP contribution is 2.21. The number of ether oxygens (including phenoxy) is 1. The van der Waals surface area contributed by atoms with Crippen LogP contribution in [0.2, 0.25) is 0 Å². The second-order valence-corrected chi connectivity index (χ2v) is 6.77. The van der Waals surface area contributed by atoms with Gasteiger partial charge in [0.2, 0.25) is 10.0 Å². The molecule has 0 saturated carbocycles. The van der Waals surface area contributed by atoms with Gasteiger partial charge in [-0.25, -0.2) is 8.42 Å². The summed E-state index contributed by atoms with van der Waals surface area (Å²) in [6.07, 6.45) is 1.36. The number of nitrogens with one attached hydrogen (secondary N) is 1. The van der Waals surface area contributed by atoms with Gasteiger partial charge in [-0.1, -0.05) is 34.1 Å². The van der Waals surface area contributed by atoms with Gasteiger partial charge in [-0.3, -0.25) is 0 Å². The Hall–Kier alpha value is -0.430. The van der Waals surface area contributed by atoms with E-state index in [1.165, 1.54) is 0 Å². The molecule has 0 aromatic heterocycles. The van der Waals surface area contributed by atoms with Crippen LogP contribution in [-0.2, 0) is 14.8 Å². The molecule has 0 aliphatic carbocycles. The molecule has 0 radical (unpaired) electrons. The smallest absolute Gasteiger partial charge is 0.242 e. The number of rotatable bonds is 3. The number of hydrogen-bond donors (Lipinski definition) is 1. The molecule has 94 valence electrons. The third-order valence-corrected chi connectivity index (χ3v) is 4.95. The zero-order valence-corrected chi connectivity index (χ0v) is 11.6. The van der Waals surface area contributed by atoms with Crippen LogP contribution in [0, 0.1) is 0 Å². The van der Waals surface area contributed by atoms with Gasteiger partial charge in [0.05, 0.1) is 9.72 Å². The van der Waals surface area contributed by atoms with E-state index in [0.717, 1.165) is 12.8 Å². The number of halogens is 1. The molecule has 0 spiro atoms. The maximum Gasteiger partial charge on any atom is 0.242 e. The molecule has 0 bridgehead atoms. The third kappa shape index (κ3) is 3.28. The maximum absolute atomic E-state index is 12.0. The van der Waals surface area contributed by atoms with Crippen LogP contribution in [0.15, 0.2) is 35.2 Å². The van der Waals surface area contributed by atoms with Crippen molar-refractivity contribution in [3.63, 3.8) is 0 Å². The molecule has 0 amide bonds. The largest absolute Gasteiger partial charge is 0.361 e. The van der Waals surface area contributed by atoms with Gasteiger partial charge in [-0.15, -0.1) is 0 Å². The van der Waals surface area contributed by atoms with Crippen molar-refractivity contribution in [1.29, 1.82) is 0 Å². The first-order valence-corrected chi connectivity index (χ1v) is 7.82. The van der Waals surface area contributed by atoms with E-state index in [1.807, 2.05) is 0 Å². The summed E-state index contributed by atoms with van der Waals surface area (Å²) >= 11 is 3.43. The van der Waals surface area contributed by atoms with E-state index in [4.69, 9.17) is 4.74 Å². The quantitative estimate of drug-likeness (QED) is 0.865. The van der Waals surface area contributed by atoms with Crippen LogP contribution in [0.25, 0.3) is 0 Å². The van der Waals surface area contributed by atoms with Crippen LogP contribution in [-0.4, -0.2) is 26.1 Å². The van der Waals surface area contributed by atoms with Gasteiger partial charge in [-0.2, -0.15) is 4.72 Å².